The van der Waals surface area contributed by atoms with Gasteiger partial charge in [-0.15, -0.1) is 0 Å². The normalized spacial score (nSPS) is 47.8. The molecule has 4 aliphatic carbocycles. The van der Waals surface area contributed by atoms with Crippen molar-refractivity contribution in [1.29, 1.82) is 0 Å². The minimum absolute atomic E-state index is 0.00814. The van der Waals surface area contributed by atoms with Crippen LogP contribution in [-0.2, 0) is 19.1 Å². The van der Waals surface area contributed by atoms with Crippen LogP contribution in [-0.4, -0.2) is 58.7 Å². The van der Waals surface area contributed by atoms with Crippen molar-refractivity contribution in [2.75, 3.05) is 6.61 Å². The number of ketones is 2. The molecule has 1 saturated heterocycles. The number of aliphatic hydroxyl groups is 2. The van der Waals surface area contributed by atoms with Gasteiger partial charge in [0.1, 0.15) is 6.61 Å². The molecule has 2 heterocycles. The Kier molecular flexibility index (Phi) is 5.24. The summed E-state index contributed by atoms with van der Waals surface area (Å²) in [5, 5.41) is 21.7. The summed E-state index contributed by atoms with van der Waals surface area (Å²) in [6.45, 7) is 3.54. The van der Waals surface area contributed by atoms with Crippen molar-refractivity contribution < 1.29 is 29.3 Å². The lowest BCUT2D eigenvalue weighted by molar-refractivity contribution is -0.194. The van der Waals surface area contributed by atoms with Gasteiger partial charge in [-0.05, 0) is 62.2 Å². The van der Waals surface area contributed by atoms with Crippen molar-refractivity contribution in [3.63, 3.8) is 0 Å². The standard InChI is InChI=1S/C28H33NO6/c1-26-9-8-18(31)11-17(26)6-7-19-20-12-23-28(22(33)15-30,27(20,2)13-21(32)24(19)26)35-25(34-23)16-5-3-4-10-29-14-16/h3-4,8-11,14,19-21,23-25,30,32H,5-7,12-13,15H2,1-2H3/t19-,20-,21-,23+,24+,25?,26-,27-,28+/m0/s1. The highest BCUT2D eigenvalue weighted by molar-refractivity contribution is 6.01. The lowest BCUT2D eigenvalue weighted by atomic mass is 9.46. The number of aliphatic hydroxyl groups excluding tert-OH is 2. The minimum Gasteiger partial charge on any atom is -0.393 e. The van der Waals surface area contributed by atoms with E-state index in [1.165, 1.54) is 0 Å². The van der Waals surface area contributed by atoms with Gasteiger partial charge in [-0.2, -0.15) is 0 Å². The molecule has 2 aliphatic heterocycles. The second kappa shape index (κ2) is 7.90. The topological polar surface area (TPSA) is 105 Å². The van der Waals surface area contributed by atoms with Gasteiger partial charge in [0, 0.05) is 34.7 Å². The van der Waals surface area contributed by atoms with Crippen molar-refractivity contribution in [3.8, 4) is 0 Å². The fourth-order valence-corrected chi connectivity index (χ4v) is 8.51. The fraction of sp³-hybridized carbons (Fsp3) is 0.607. The van der Waals surface area contributed by atoms with Gasteiger partial charge in [-0.1, -0.05) is 31.6 Å². The highest BCUT2D eigenvalue weighted by Crippen LogP contribution is 2.69. The van der Waals surface area contributed by atoms with E-state index in [-0.39, 0.29) is 34.7 Å². The van der Waals surface area contributed by atoms with Crippen molar-refractivity contribution >= 4 is 17.8 Å². The van der Waals surface area contributed by atoms with Gasteiger partial charge < -0.3 is 19.7 Å². The van der Waals surface area contributed by atoms with E-state index in [9.17, 15) is 19.8 Å². The third kappa shape index (κ3) is 3.02. The first-order chi connectivity index (χ1) is 16.7. The number of ether oxygens (including phenoxy) is 2. The molecule has 7 nitrogen and oxygen atoms in total. The Bertz CT molecular complexity index is 1120. The molecule has 4 fully saturated rings. The maximum atomic E-state index is 13.5. The number of nitrogens with zero attached hydrogens (tertiary/aromatic N) is 1. The van der Waals surface area contributed by atoms with Crippen molar-refractivity contribution in [3.05, 3.63) is 47.7 Å². The van der Waals surface area contributed by atoms with Crippen LogP contribution in [0.5, 0.6) is 0 Å². The molecular weight excluding hydrogens is 446 g/mol. The second-order valence-corrected chi connectivity index (χ2v) is 11.5. The number of hydrogen-bond donors (Lipinski definition) is 2. The maximum Gasteiger partial charge on any atom is 0.193 e. The third-order valence-corrected chi connectivity index (χ3v) is 10.00. The fourth-order valence-electron chi connectivity index (χ4n) is 8.51. The number of fused-ring (bicyclic) bond motifs is 7. The molecule has 186 valence electrons. The number of Topliss-reactive ketones (excluding diaryl/α,β-unsaturated/α-hetero) is 1. The molecule has 0 spiro atoms. The predicted molar refractivity (Wildman–Crippen MR) is 128 cm³/mol. The molecule has 0 bridgehead atoms. The first-order valence-corrected chi connectivity index (χ1v) is 12.7. The van der Waals surface area contributed by atoms with Crippen LogP contribution in [0.1, 0.15) is 46.0 Å². The quantitative estimate of drug-likeness (QED) is 0.645. The molecular formula is C28H33NO6. The molecule has 0 aromatic rings. The number of hydrogen-bond acceptors (Lipinski definition) is 7. The summed E-state index contributed by atoms with van der Waals surface area (Å²) < 4.78 is 13.0. The van der Waals surface area contributed by atoms with E-state index in [0.29, 0.717) is 19.3 Å². The van der Waals surface area contributed by atoms with Gasteiger partial charge >= 0.3 is 0 Å². The van der Waals surface area contributed by atoms with E-state index in [1.54, 1.807) is 24.6 Å². The van der Waals surface area contributed by atoms with E-state index >= 15 is 0 Å². The van der Waals surface area contributed by atoms with E-state index in [4.69, 9.17) is 9.47 Å². The summed E-state index contributed by atoms with van der Waals surface area (Å²) >= 11 is 0. The molecule has 1 unspecified atom stereocenters. The molecule has 35 heavy (non-hydrogen) atoms. The van der Waals surface area contributed by atoms with Crippen LogP contribution in [0.15, 0.2) is 52.7 Å². The summed E-state index contributed by atoms with van der Waals surface area (Å²) in [6.07, 6.45) is 14.0. The number of aliphatic imine (C=N–C) groups is 1. The Balaban J connectivity index is 1.39. The average Bonchev–Trinajstić information content (AvgIpc) is 3.16. The van der Waals surface area contributed by atoms with Crippen molar-refractivity contribution in [2.24, 2.45) is 33.6 Å². The van der Waals surface area contributed by atoms with E-state index in [2.05, 4.69) is 11.9 Å². The molecule has 3 saturated carbocycles. The first kappa shape index (κ1) is 23.2. The Morgan fingerprint density at radius 2 is 2.14 bits per heavy atom. The average molecular weight is 480 g/mol. The summed E-state index contributed by atoms with van der Waals surface area (Å²) in [4.78, 5) is 29.8. The van der Waals surface area contributed by atoms with E-state index < -0.39 is 36.1 Å². The van der Waals surface area contributed by atoms with Gasteiger partial charge in [0.2, 0.25) is 0 Å². The molecule has 7 heteroatoms. The monoisotopic (exact) mass is 479 g/mol. The zero-order valence-corrected chi connectivity index (χ0v) is 20.2. The van der Waals surface area contributed by atoms with Crippen LogP contribution in [0.3, 0.4) is 0 Å². The second-order valence-electron chi connectivity index (χ2n) is 11.5. The maximum absolute atomic E-state index is 13.5. The lowest BCUT2D eigenvalue weighted by Crippen LogP contribution is -2.63. The number of allylic oxidation sites excluding steroid dienone is 6. The van der Waals surface area contributed by atoms with Crippen LogP contribution < -0.4 is 0 Å². The molecule has 0 aromatic carbocycles. The third-order valence-electron chi connectivity index (χ3n) is 10.00. The summed E-state index contributed by atoms with van der Waals surface area (Å²) in [5.41, 5.74) is -0.471. The minimum atomic E-state index is -1.32. The number of carbonyl (C=O) groups excluding carboxylic acids is 2. The molecule has 2 N–H and O–H groups in total. The Morgan fingerprint density at radius 3 is 2.94 bits per heavy atom. The van der Waals surface area contributed by atoms with Crippen molar-refractivity contribution in [2.45, 2.75) is 70.1 Å². The molecule has 6 rings (SSSR count). The number of rotatable bonds is 3. The van der Waals surface area contributed by atoms with E-state index in [1.807, 2.05) is 25.2 Å². The highest BCUT2D eigenvalue weighted by atomic mass is 16.7. The Labute approximate surface area is 205 Å². The predicted octanol–water partition coefficient (Wildman–Crippen LogP) is 2.83. The largest absolute Gasteiger partial charge is 0.393 e. The van der Waals surface area contributed by atoms with E-state index in [0.717, 1.165) is 24.0 Å². The molecule has 0 radical (unpaired) electrons. The van der Waals surface area contributed by atoms with Gasteiger partial charge in [0.05, 0.1) is 12.2 Å². The van der Waals surface area contributed by atoms with Gasteiger partial charge in [0.25, 0.3) is 0 Å². The molecule has 0 aromatic heterocycles. The highest BCUT2D eigenvalue weighted by Gasteiger charge is 2.75. The van der Waals surface area contributed by atoms with Gasteiger partial charge in [-0.25, -0.2) is 0 Å². The lowest BCUT2D eigenvalue weighted by Gasteiger charge is -2.59. The summed E-state index contributed by atoms with van der Waals surface area (Å²) in [5.74, 6) is -0.186. The zero-order valence-electron chi connectivity index (χ0n) is 20.2. The SMILES string of the molecule is C[C@]12C=CC(=O)C=C1CC[C@@H]1[C@@H]2[C@@H](O)C[C@@]2(C)[C@H]1C[C@H]1OC(C3=CN=CC=CC3)O[C@]12C(=O)CO. The van der Waals surface area contributed by atoms with Gasteiger partial charge in [0.15, 0.2) is 23.5 Å². The number of carbonyl (C=O) groups is 2. The molecule has 6 aliphatic rings. The molecule has 9 atom stereocenters. The van der Waals surface area contributed by atoms with Crippen LogP contribution in [0.4, 0.5) is 0 Å². The van der Waals surface area contributed by atoms with Crippen LogP contribution >= 0.6 is 0 Å². The Hall–Kier alpha value is -2.19. The van der Waals surface area contributed by atoms with Crippen molar-refractivity contribution in [1.82, 2.24) is 0 Å². The van der Waals surface area contributed by atoms with Crippen LogP contribution in [0.25, 0.3) is 0 Å². The van der Waals surface area contributed by atoms with Crippen LogP contribution in [0.2, 0.25) is 0 Å². The Morgan fingerprint density at radius 1 is 1.31 bits per heavy atom. The smallest absolute Gasteiger partial charge is 0.193 e. The summed E-state index contributed by atoms with van der Waals surface area (Å²) in [7, 11) is 0. The summed E-state index contributed by atoms with van der Waals surface area (Å²) in [6, 6.07) is 0. The first-order valence-electron chi connectivity index (χ1n) is 12.7. The van der Waals surface area contributed by atoms with Gasteiger partial charge in [-0.3, -0.25) is 14.6 Å². The zero-order chi connectivity index (χ0) is 24.6. The molecule has 0 amide bonds. The van der Waals surface area contributed by atoms with Crippen LogP contribution in [0, 0.1) is 28.6 Å².